The average molecular weight is 283 g/mol. The number of aliphatic hydroxyl groups excluding tert-OH is 1. The molecule has 1 N–H and O–H groups in total. The smallest absolute Gasteiger partial charge is 0.244 e. The molecule has 1 unspecified atom stereocenters. The molecular weight excluding hydrogens is 266 g/mol. The van der Waals surface area contributed by atoms with Gasteiger partial charge in [-0.3, -0.25) is 0 Å². The van der Waals surface area contributed by atoms with Crippen molar-refractivity contribution in [3.05, 3.63) is 71.1 Å². The highest BCUT2D eigenvalue weighted by molar-refractivity contribution is 5.48. The van der Waals surface area contributed by atoms with Crippen molar-refractivity contribution in [1.29, 1.82) is 0 Å². The van der Waals surface area contributed by atoms with Crippen molar-refractivity contribution >= 4 is 0 Å². The topological polar surface area (TPSA) is 43.0 Å². The van der Waals surface area contributed by atoms with Crippen LogP contribution in [0.2, 0.25) is 0 Å². The number of methoxy groups -OCH3 is 1. The van der Waals surface area contributed by atoms with E-state index in [1.807, 2.05) is 30.3 Å². The second-order valence-corrected chi connectivity index (χ2v) is 4.51. The quantitative estimate of drug-likeness (QED) is 0.828. The van der Waals surface area contributed by atoms with E-state index in [0.717, 1.165) is 5.56 Å². The Labute approximate surface area is 124 Å². The molecule has 0 bridgehead atoms. The lowest BCUT2D eigenvalue weighted by atomic mass is 10.1. The zero-order valence-electron chi connectivity index (χ0n) is 11.8. The van der Waals surface area contributed by atoms with Crippen molar-refractivity contribution in [2.45, 2.75) is 12.7 Å². The van der Waals surface area contributed by atoms with E-state index in [1.54, 1.807) is 25.3 Å². The Kier molecular flexibility index (Phi) is 5.19. The Bertz CT molecular complexity index is 620. The summed E-state index contributed by atoms with van der Waals surface area (Å²) in [6.45, 7) is 7.25. The number of hydrogen-bond acceptors (Lipinski definition) is 3. The van der Waals surface area contributed by atoms with Crippen LogP contribution in [0.3, 0.4) is 0 Å². The summed E-state index contributed by atoms with van der Waals surface area (Å²) < 4.78 is 11.1. The van der Waals surface area contributed by atoms with Gasteiger partial charge in [0.05, 0.1) is 7.11 Å². The van der Waals surface area contributed by atoms with Crippen LogP contribution in [0.1, 0.15) is 17.2 Å². The third kappa shape index (κ3) is 3.74. The molecule has 1 atom stereocenters. The molecular formula is C17H17NO3. The maximum absolute atomic E-state index is 10.1. The van der Waals surface area contributed by atoms with Gasteiger partial charge in [0.1, 0.15) is 6.61 Å². The third-order valence-electron chi connectivity index (χ3n) is 3.08. The van der Waals surface area contributed by atoms with E-state index < -0.39 is 6.10 Å². The van der Waals surface area contributed by atoms with Crippen molar-refractivity contribution < 1.29 is 14.6 Å². The van der Waals surface area contributed by atoms with Crippen LogP contribution < -0.4 is 9.47 Å². The predicted molar refractivity (Wildman–Crippen MR) is 80.2 cm³/mol. The van der Waals surface area contributed by atoms with Crippen LogP contribution in [0.4, 0.5) is 0 Å². The molecule has 2 aromatic rings. The van der Waals surface area contributed by atoms with Crippen LogP contribution in [0.15, 0.2) is 48.5 Å². The lowest BCUT2D eigenvalue weighted by Gasteiger charge is -2.16. The molecule has 0 aliphatic heterocycles. The molecule has 0 aliphatic carbocycles. The number of ether oxygens (including phenoxy) is 2. The number of rotatable bonds is 6. The largest absolute Gasteiger partial charge is 0.493 e. The van der Waals surface area contributed by atoms with E-state index in [1.165, 1.54) is 0 Å². The molecule has 0 heterocycles. The van der Waals surface area contributed by atoms with E-state index in [4.69, 9.17) is 16.0 Å². The maximum atomic E-state index is 10.1. The monoisotopic (exact) mass is 283 g/mol. The third-order valence-corrected chi connectivity index (χ3v) is 3.08. The lowest BCUT2D eigenvalue weighted by molar-refractivity contribution is 0.184. The van der Waals surface area contributed by atoms with E-state index >= 15 is 0 Å². The molecule has 4 heteroatoms. The summed E-state index contributed by atoms with van der Waals surface area (Å²) >= 11 is 0. The average Bonchev–Trinajstić information content (AvgIpc) is 2.53. The summed E-state index contributed by atoms with van der Waals surface area (Å²) in [6, 6.07) is 15.0. The summed E-state index contributed by atoms with van der Waals surface area (Å²) in [5, 5.41) is 10.1. The molecule has 0 saturated heterocycles. The van der Waals surface area contributed by atoms with E-state index in [2.05, 4.69) is 4.85 Å². The van der Waals surface area contributed by atoms with Gasteiger partial charge in [0, 0.05) is 5.56 Å². The molecule has 0 amide bonds. The minimum absolute atomic E-state index is 0.00509. The standard InChI is InChI=1S/C17H17NO3/c1-18-11-15(19)14-9-6-10-16(20-2)17(14)21-12-13-7-4-3-5-8-13/h3-10,15,19H,11-12H2,2H3. The van der Waals surface area contributed by atoms with Crippen LogP contribution in [-0.2, 0) is 6.61 Å². The van der Waals surface area contributed by atoms with E-state index in [9.17, 15) is 5.11 Å². The van der Waals surface area contributed by atoms with Gasteiger partial charge in [0.2, 0.25) is 6.54 Å². The molecule has 0 aromatic heterocycles. The first-order valence-electron chi connectivity index (χ1n) is 6.61. The van der Waals surface area contributed by atoms with Crippen LogP contribution in [0.5, 0.6) is 11.5 Å². The van der Waals surface area contributed by atoms with Gasteiger partial charge in [-0.2, -0.15) is 0 Å². The molecule has 0 fully saturated rings. The second-order valence-electron chi connectivity index (χ2n) is 4.51. The highest BCUT2D eigenvalue weighted by atomic mass is 16.5. The van der Waals surface area contributed by atoms with Crippen LogP contribution in [0.25, 0.3) is 4.85 Å². The van der Waals surface area contributed by atoms with Crippen molar-refractivity contribution in [2.24, 2.45) is 0 Å². The number of benzene rings is 2. The van der Waals surface area contributed by atoms with Crippen molar-refractivity contribution in [1.82, 2.24) is 0 Å². The van der Waals surface area contributed by atoms with Crippen LogP contribution >= 0.6 is 0 Å². The SMILES string of the molecule is [C-]#[N+]CC(O)c1cccc(OC)c1OCc1ccccc1. The van der Waals surface area contributed by atoms with Crippen LogP contribution in [0, 0.1) is 6.57 Å². The van der Waals surface area contributed by atoms with Gasteiger partial charge >= 0.3 is 0 Å². The number of para-hydroxylation sites is 1. The Morgan fingerprint density at radius 3 is 2.57 bits per heavy atom. The Balaban J connectivity index is 2.25. The summed E-state index contributed by atoms with van der Waals surface area (Å²) in [5.41, 5.74) is 1.59. The number of aliphatic hydroxyl groups is 1. The van der Waals surface area contributed by atoms with Gasteiger partial charge < -0.3 is 19.4 Å². The minimum Gasteiger partial charge on any atom is -0.493 e. The van der Waals surface area contributed by atoms with E-state index in [-0.39, 0.29) is 6.54 Å². The number of hydrogen-bond donors (Lipinski definition) is 1. The second kappa shape index (κ2) is 7.32. The van der Waals surface area contributed by atoms with Crippen molar-refractivity contribution in [3.63, 3.8) is 0 Å². The van der Waals surface area contributed by atoms with Gasteiger partial charge in [-0.25, -0.2) is 6.57 Å². The molecule has 0 aliphatic rings. The summed E-state index contributed by atoms with van der Waals surface area (Å²) in [6.07, 6.45) is -0.886. The minimum atomic E-state index is -0.886. The van der Waals surface area contributed by atoms with Gasteiger partial charge in [-0.15, -0.1) is 0 Å². The predicted octanol–water partition coefficient (Wildman–Crippen LogP) is 3.23. The van der Waals surface area contributed by atoms with Gasteiger partial charge in [-0.1, -0.05) is 42.5 Å². The Hall–Kier alpha value is -2.51. The lowest BCUT2D eigenvalue weighted by Crippen LogP contribution is -2.06. The molecule has 2 aromatic carbocycles. The maximum Gasteiger partial charge on any atom is 0.244 e. The van der Waals surface area contributed by atoms with Crippen LogP contribution in [-0.4, -0.2) is 18.8 Å². The van der Waals surface area contributed by atoms with Gasteiger partial charge in [-0.05, 0) is 11.6 Å². The molecule has 108 valence electrons. The fraction of sp³-hybridized carbons (Fsp3) is 0.235. The molecule has 4 nitrogen and oxygen atoms in total. The molecule has 0 saturated carbocycles. The fourth-order valence-corrected chi connectivity index (χ4v) is 2.02. The molecule has 2 rings (SSSR count). The molecule has 21 heavy (non-hydrogen) atoms. The fourth-order valence-electron chi connectivity index (χ4n) is 2.02. The van der Waals surface area contributed by atoms with Gasteiger partial charge in [0.25, 0.3) is 0 Å². The highest BCUT2D eigenvalue weighted by Gasteiger charge is 2.19. The normalized spacial score (nSPS) is 11.5. The summed E-state index contributed by atoms with van der Waals surface area (Å²) in [4.78, 5) is 3.23. The van der Waals surface area contributed by atoms with Crippen molar-refractivity contribution in [3.8, 4) is 11.5 Å². The zero-order chi connectivity index (χ0) is 15.1. The summed E-state index contributed by atoms with van der Waals surface area (Å²) in [5.74, 6) is 1.03. The first-order valence-corrected chi connectivity index (χ1v) is 6.61. The first kappa shape index (κ1) is 14.9. The zero-order valence-corrected chi connectivity index (χ0v) is 11.8. The van der Waals surface area contributed by atoms with E-state index in [0.29, 0.717) is 23.7 Å². The highest BCUT2D eigenvalue weighted by Crippen LogP contribution is 2.35. The molecule has 0 spiro atoms. The Morgan fingerprint density at radius 2 is 1.90 bits per heavy atom. The first-order chi connectivity index (χ1) is 10.3. The summed E-state index contributed by atoms with van der Waals surface area (Å²) in [7, 11) is 1.55. The van der Waals surface area contributed by atoms with Crippen molar-refractivity contribution in [2.75, 3.05) is 13.7 Å². The Morgan fingerprint density at radius 1 is 1.14 bits per heavy atom. The van der Waals surface area contributed by atoms with Gasteiger partial charge in [0.15, 0.2) is 17.6 Å². The molecule has 0 radical (unpaired) electrons. The number of nitrogens with zero attached hydrogens (tertiary/aromatic N) is 1.